The Labute approximate surface area is 92.5 Å². The van der Waals surface area contributed by atoms with Crippen LogP contribution in [0.15, 0.2) is 0 Å². The Balaban J connectivity index is 4.02. The summed E-state index contributed by atoms with van der Waals surface area (Å²) in [5, 5.41) is 0. The number of halogens is 5. The maximum absolute atomic E-state index is 3.64. The van der Waals surface area contributed by atoms with Crippen molar-refractivity contribution in [2.75, 3.05) is 0 Å². The van der Waals surface area contributed by atoms with Crippen molar-refractivity contribution in [2.45, 2.75) is 0 Å². The zero-order chi connectivity index (χ0) is 7.00. The zero-order valence-corrected chi connectivity index (χ0v) is 15.8. The van der Waals surface area contributed by atoms with Gasteiger partial charge in [0.2, 0.25) is 4.35 Å². The molecule has 0 heterocycles. The van der Waals surface area contributed by atoms with E-state index in [0.29, 0.717) is 0 Å². The van der Waals surface area contributed by atoms with Gasteiger partial charge in [-0.25, -0.2) is 0 Å². The molecule has 0 spiro atoms. The van der Waals surface area contributed by atoms with Gasteiger partial charge in [0, 0.05) is 9.76 Å². The monoisotopic (exact) mass is 482 g/mol. The van der Waals surface area contributed by atoms with Crippen molar-refractivity contribution in [3.63, 3.8) is 0 Å². The molecule has 0 rings (SSSR count). The first kappa shape index (κ1) is 11.1. The summed E-state index contributed by atoms with van der Waals surface area (Å²) in [6.07, 6.45) is 0. The van der Waals surface area contributed by atoms with Gasteiger partial charge < -0.3 is 0 Å². The van der Waals surface area contributed by atoms with Crippen molar-refractivity contribution >= 4 is 94.0 Å². The Morgan fingerprint density at radius 2 is 1.00 bits per heavy atom. The smallest absolute Gasteiger partial charge is 0.116 e. The molecule has 0 aromatic carbocycles. The quantitative estimate of drug-likeness (QED) is 0.394. The molecule has 0 aromatic heterocycles. The van der Waals surface area contributed by atoms with Crippen LogP contribution >= 0.6 is 76.5 Å². The van der Waals surface area contributed by atoms with Crippen LogP contribution in [-0.2, 0) is 0 Å². The van der Waals surface area contributed by atoms with Gasteiger partial charge in [-0.3, -0.25) is 0 Å². The summed E-state index contributed by atoms with van der Waals surface area (Å²) in [6, 6.07) is 0. The fourth-order valence-electron chi connectivity index (χ4n) is 0. The van der Waals surface area contributed by atoms with Crippen molar-refractivity contribution in [2.24, 2.45) is 0 Å². The second kappa shape index (κ2) is 3.63. The zero-order valence-electron chi connectivity index (χ0n) is 3.89. The molecule has 0 atom stereocenters. The van der Waals surface area contributed by atoms with Crippen LogP contribution in [0, 0.1) is 0 Å². The van der Waals surface area contributed by atoms with E-state index >= 15 is 0 Å². The predicted molar refractivity (Wildman–Crippen MR) is 66.1 cm³/mol. The van der Waals surface area contributed by atoms with Gasteiger partial charge in [-0.1, -0.05) is 45.9 Å². The van der Waals surface area contributed by atoms with Crippen molar-refractivity contribution in [1.29, 1.82) is 0 Å². The fraction of sp³-hybridized carbons (Fsp3) is 0. The van der Waals surface area contributed by atoms with E-state index in [0.717, 1.165) is 0 Å². The predicted octanol–water partition coefficient (Wildman–Crippen LogP) is 2.28. The van der Waals surface area contributed by atoms with Crippen molar-refractivity contribution in [3.05, 3.63) is 0 Å². The average molecular weight is 487 g/mol. The molecule has 0 fully saturated rings. The molecule has 0 N–H and O–H groups in total. The molecule has 0 nitrogen and oxygen atoms in total. The second-order valence-corrected chi connectivity index (χ2v) is 69.7. The van der Waals surface area contributed by atoms with Crippen molar-refractivity contribution < 1.29 is 0 Å². The maximum atomic E-state index is 3.64. The minimum atomic E-state index is -1.39. The Morgan fingerprint density at radius 1 is 0.875 bits per heavy atom. The molecule has 0 aliphatic carbocycles. The van der Waals surface area contributed by atoms with Crippen LogP contribution in [0.5, 0.6) is 0 Å². The van der Waals surface area contributed by atoms with Gasteiger partial charge >= 0.3 is 0 Å². The number of rotatable bonds is 1. The van der Waals surface area contributed by atoms with E-state index in [-0.39, 0.29) is 0 Å². The highest BCUT2D eigenvalue weighted by atomic mass is 80.0. The van der Waals surface area contributed by atoms with Crippen LogP contribution in [0.25, 0.3) is 0 Å². The molecule has 0 aliphatic rings. The Hall–Kier alpha value is 3.05. The molecule has 0 aromatic rings. The molecule has 8 heavy (non-hydrogen) atoms. The highest BCUT2D eigenvalue weighted by Gasteiger charge is 2.44. The normalized spacial score (nSPS) is 14.6. The lowest BCUT2D eigenvalue weighted by Crippen LogP contribution is -2.40. The first-order chi connectivity index (χ1) is 3.25. The third kappa shape index (κ3) is 4.04. The summed E-state index contributed by atoms with van der Waals surface area (Å²) in [5.41, 5.74) is 0. The van der Waals surface area contributed by atoms with Crippen LogP contribution in [-0.4, -0.2) is 17.6 Å². The van der Waals surface area contributed by atoms with Crippen LogP contribution in [0.4, 0.5) is 0 Å². The summed E-state index contributed by atoms with van der Waals surface area (Å²) in [4.78, 5) is 0. The second-order valence-electron chi connectivity index (χ2n) is 1.39. The third-order valence-corrected chi connectivity index (χ3v) is 91.8. The maximum Gasteiger partial charge on any atom is 0.275 e. The summed E-state index contributed by atoms with van der Waals surface area (Å²) in [6.45, 7) is 0. The lowest BCUT2D eigenvalue weighted by atomic mass is 26.6. The molecule has 8 heteroatoms. The first-order valence-corrected chi connectivity index (χ1v) is 21.5. The summed E-state index contributed by atoms with van der Waals surface area (Å²) >= 11 is 18.0. The molecule has 0 aliphatic heterocycles. The van der Waals surface area contributed by atoms with Crippen molar-refractivity contribution in [1.82, 2.24) is 0 Å². The van der Waals surface area contributed by atoms with Crippen LogP contribution in [0.3, 0.4) is 0 Å². The van der Waals surface area contributed by atoms with Crippen LogP contribution < -0.4 is 0 Å². The average Bonchev–Trinajstić information content (AvgIpc) is 1.25. The molecule has 0 saturated heterocycles. The Bertz CT molecular complexity index is 62.7. The highest BCUT2D eigenvalue weighted by molar-refractivity contribution is 9.81. The van der Waals surface area contributed by atoms with Gasteiger partial charge in [0.1, 0.15) is 0 Å². The SMILES string of the molecule is [SiH3][Si](Br)(Br)[Si](Br)(Br)Br. The van der Waals surface area contributed by atoms with E-state index in [1.54, 1.807) is 0 Å². The molecule has 0 radical (unpaired) electrons. The number of hydrogen-bond donors (Lipinski definition) is 0. The summed E-state index contributed by atoms with van der Waals surface area (Å²) < 4.78 is -2.59. The van der Waals surface area contributed by atoms with Gasteiger partial charge in [-0.15, -0.1) is 30.6 Å². The molecule has 0 bridgehead atoms. The first-order valence-electron chi connectivity index (χ1n) is 1.69. The van der Waals surface area contributed by atoms with E-state index in [4.69, 9.17) is 0 Å². The highest BCUT2D eigenvalue weighted by Crippen LogP contribution is 2.41. The van der Waals surface area contributed by atoms with Gasteiger partial charge in [-0.05, 0) is 0 Å². The molecule has 0 saturated carbocycles. The van der Waals surface area contributed by atoms with E-state index in [2.05, 4.69) is 76.5 Å². The standard InChI is InChI=1S/Br5H3Si3/c1-7(2,3)8(4,5)6/h6H3. The van der Waals surface area contributed by atoms with Crippen molar-refractivity contribution in [3.8, 4) is 0 Å². The third-order valence-electron chi connectivity index (χ3n) is 0.498. The topological polar surface area (TPSA) is 0 Å². The molecular weight excluding hydrogens is 484 g/mol. The van der Waals surface area contributed by atoms with Gasteiger partial charge in [-0.2, -0.15) is 0 Å². The van der Waals surface area contributed by atoms with E-state index < -0.39 is 7.80 Å². The number of hydrogen-bond acceptors (Lipinski definition) is 0. The van der Waals surface area contributed by atoms with Crippen LogP contribution in [0.1, 0.15) is 0 Å². The molecule has 0 amide bonds. The Morgan fingerprint density at radius 3 is 1.00 bits per heavy atom. The van der Waals surface area contributed by atoms with E-state index in [1.165, 1.54) is 9.76 Å². The lowest BCUT2D eigenvalue weighted by Gasteiger charge is -2.19. The molecule has 50 valence electrons. The van der Waals surface area contributed by atoms with E-state index in [9.17, 15) is 0 Å². The minimum absolute atomic E-state index is 1.18. The van der Waals surface area contributed by atoms with E-state index in [1.807, 2.05) is 0 Å². The molecular formula is H3Br5Si3. The molecule has 0 unspecified atom stereocenters. The summed E-state index contributed by atoms with van der Waals surface area (Å²) in [5.74, 6) is 0. The lowest BCUT2D eigenvalue weighted by molar-refractivity contribution is 3.96. The van der Waals surface area contributed by atoms with Gasteiger partial charge in [0.25, 0.3) is 3.45 Å². The Kier molecular flexibility index (Phi) is 5.02. The van der Waals surface area contributed by atoms with Crippen LogP contribution in [0.2, 0.25) is 0 Å². The fourth-order valence-corrected chi connectivity index (χ4v) is 0. The van der Waals surface area contributed by atoms with Gasteiger partial charge in [0.05, 0.1) is 0 Å². The summed E-state index contributed by atoms with van der Waals surface area (Å²) in [7, 11) is 1.18. The minimum Gasteiger partial charge on any atom is -0.116 e. The largest absolute Gasteiger partial charge is 0.275 e. The van der Waals surface area contributed by atoms with Gasteiger partial charge in [0.15, 0.2) is 0 Å².